The molecule has 0 aliphatic carbocycles. The van der Waals surface area contributed by atoms with Gasteiger partial charge in [0.1, 0.15) is 0 Å². The number of nitrogens with one attached hydrogen (secondary N) is 1. The minimum atomic E-state index is -0.455. The summed E-state index contributed by atoms with van der Waals surface area (Å²) < 4.78 is 11.0. The van der Waals surface area contributed by atoms with Crippen molar-refractivity contribution in [3.05, 3.63) is 63.7 Å². The predicted octanol–water partition coefficient (Wildman–Crippen LogP) is 3.55. The summed E-state index contributed by atoms with van der Waals surface area (Å²) in [7, 11) is 1.57. The zero-order valence-corrected chi connectivity index (χ0v) is 18.1. The summed E-state index contributed by atoms with van der Waals surface area (Å²) in [5.74, 6) is 1.02. The van der Waals surface area contributed by atoms with Gasteiger partial charge in [-0.2, -0.15) is 5.10 Å². The van der Waals surface area contributed by atoms with Gasteiger partial charge in [-0.25, -0.2) is 0 Å². The first kappa shape index (κ1) is 22.3. The van der Waals surface area contributed by atoms with Crippen LogP contribution in [0, 0.1) is 10.1 Å². The van der Waals surface area contributed by atoms with Gasteiger partial charge in [0.2, 0.25) is 5.91 Å². The third-order valence-corrected chi connectivity index (χ3v) is 5.30. The number of carbonyl (C=O) groups is 1. The molecular formula is C21H22N4O5S. The van der Waals surface area contributed by atoms with Crippen LogP contribution in [0.1, 0.15) is 25.0 Å². The normalized spacial score (nSPS) is 17.4. The van der Waals surface area contributed by atoms with E-state index in [-0.39, 0.29) is 17.7 Å². The highest BCUT2D eigenvalue weighted by Gasteiger charge is 2.30. The monoisotopic (exact) mass is 442 g/mol. The smallest absolute Gasteiger partial charge is 0.269 e. The highest BCUT2D eigenvalue weighted by atomic mass is 32.2. The molecule has 162 valence electrons. The lowest BCUT2D eigenvalue weighted by Crippen LogP contribution is -2.25. The zero-order chi connectivity index (χ0) is 22.4. The van der Waals surface area contributed by atoms with Gasteiger partial charge in [-0.15, -0.1) is 5.10 Å². The van der Waals surface area contributed by atoms with Gasteiger partial charge in [0, 0.05) is 12.1 Å². The van der Waals surface area contributed by atoms with E-state index in [2.05, 4.69) is 15.5 Å². The van der Waals surface area contributed by atoms with Gasteiger partial charge in [0.15, 0.2) is 16.7 Å². The van der Waals surface area contributed by atoms with E-state index in [1.807, 2.05) is 19.9 Å². The zero-order valence-electron chi connectivity index (χ0n) is 17.3. The van der Waals surface area contributed by atoms with Crippen LogP contribution < -0.4 is 14.8 Å². The molecule has 1 atom stereocenters. The highest BCUT2D eigenvalue weighted by molar-refractivity contribution is 8.15. The maximum atomic E-state index is 12.2. The van der Waals surface area contributed by atoms with Crippen molar-refractivity contribution in [2.45, 2.75) is 31.6 Å². The molecule has 2 aromatic carbocycles. The largest absolute Gasteiger partial charge is 0.493 e. The topological polar surface area (TPSA) is 115 Å². The van der Waals surface area contributed by atoms with Gasteiger partial charge in [-0.1, -0.05) is 23.9 Å². The van der Waals surface area contributed by atoms with E-state index in [4.69, 9.17) is 9.47 Å². The quantitative estimate of drug-likeness (QED) is 0.380. The molecule has 0 aromatic heterocycles. The number of carbonyl (C=O) groups excluding carboxylic acids is 1. The van der Waals surface area contributed by atoms with E-state index in [0.717, 1.165) is 5.56 Å². The Morgan fingerprint density at radius 1 is 1.26 bits per heavy atom. The number of nitro benzene ring substituents is 1. The minimum absolute atomic E-state index is 0.000337. The lowest BCUT2D eigenvalue weighted by atomic mass is 10.1. The van der Waals surface area contributed by atoms with Crippen molar-refractivity contribution in [3.8, 4) is 11.5 Å². The molecule has 0 bridgehead atoms. The lowest BCUT2D eigenvalue weighted by molar-refractivity contribution is -0.384. The molecule has 2 aromatic rings. The van der Waals surface area contributed by atoms with Crippen LogP contribution in [-0.4, -0.2) is 40.7 Å². The van der Waals surface area contributed by atoms with Gasteiger partial charge in [0.05, 0.1) is 29.6 Å². The van der Waals surface area contributed by atoms with E-state index in [9.17, 15) is 14.9 Å². The fraction of sp³-hybridized carbons (Fsp3) is 0.286. The molecule has 1 N–H and O–H groups in total. The maximum Gasteiger partial charge on any atom is 0.269 e. The number of thioether (sulfide) groups is 1. The summed E-state index contributed by atoms with van der Waals surface area (Å²) in [4.78, 5) is 22.7. The van der Waals surface area contributed by atoms with E-state index in [0.29, 0.717) is 28.7 Å². The molecule has 1 fully saturated rings. The molecule has 0 saturated carbocycles. The summed E-state index contributed by atoms with van der Waals surface area (Å²) in [5.41, 5.74) is 1.47. The average Bonchev–Trinajstić information content (AvgIpc) is 3.07. The van der Waals surface area contributed by atoms with E-state index in [1.54, 1.807) is 37.6 Å². The van der Waals surface area contributed by atoms with Gasteiger partial charge in [-0.3, -0.25) is 14.9 Å². The minimum Gasteiger partial charge on any atom is -0.493 e. The SMILES string of the molecule is COc1cc(/C=N/N=C2\NC(=O)C(Cc3cccc([N+](=O)[O-])c3)S2)ccc1OC(C)C. The van der Waals surface area contributed by atoms with Gasteiger partial charge in [-0.05, 0) is 49.6 Å². The predicted molar refractivity (Wildman–Crippen MR) is 120 cm³/mol. The molecule has 1 aliphatic heterocycles. The van der Waals surface area contributed by atoms with E-state index in [1.165, 1.54) is 23.9 Å². The van der Waals surface area contributed by atoms with Crippen LogP contribution in [0.4, 0.5) is 5.69 Å². The first-order valence-electron chi connectivity index (χ1n) is 9.52. The van der Waals surface area contributed by atoms with Crippen LogP contribution in [0.25, 0.3) is 0 Å². The fourth-order valence-corrected chi connectivity index (χ4v) is 3.83. The Morgan fingerprint density at radius 2 is 2.06 bits per heavy atom. The fourth-order valence-electron chi connectivity index (χ4n) is 2.86. The Hall–Kier alpha value is -3.40. The van der Waals surface area contributed by atoms with Crippen LogP contribution in [0.2, 0.25) is 0 Å². The molecule has 0 radical (unpaired) electrons. The van der Waals surface area contributed by atoms with Crippen molar-refractivity contribution >= 4 is 34.7 Å². The molecule has 1 amide bonds. The first-order valence-corrected chi connectivity index (χ1v) is 10.4. The van der Waals surface area contributed by atoms with E-state index >= 15 is 0 Å². The Kier molecular flexibility index (Phi) is 7.24. The number of amides is 1. The highest BCUT2D eigenvalue weighted by Crippen LogP contribution is 2.29. The number of hydrogen-bond donors (Lipinski definition) is 1. The van der Waals surface area contributed by atoms with Crippen molar-refractivity contribution in [1.29, 1.82) is 0 Å². The molecule has 1 unspecified atom stereocenters. The number of benzene rings is 2. The van der Waals surface area contributed by atoms with Crippen LogP contribution >= 0.6 is 11.8 Å². The molecule has 0 spiro atoms. The van der Waals surface area contributed by atoms with Gasteiger partial charge in [0.25, 0.3) is 5.69 Å². The van der Waals surface area contributed by atoms with Crippen LogP contribution in [0.3, 0.4) is 0 Å². The van der Waals surface area contributed by atoms with Gasteiger partial charge < -0.3 is 14.8 Å². The third-order valence-electron chi connectivity index (χ3n) is 4.22. The Morgan fingerprint density at radius 3 is 2.77 bits per heavy atom. The van der Waals surface area contributed by atoms with Crippen LogP contribution in [0.5, 0.6) is 11.5 Å². The molecule has 31 heavy (non-hydrogen) atoms. The van der Waals surface area contributed by atoms with Crippen molar-refractivity contribution in [1.82, 2.24) is 5.32 Å². The third kappa shape index (κ3) is 6.05. The van der Waals surface area contributed by atoms with Crippen molar-refractivity contribution < 1.29 is 19.2 Å². The number of nitro groups is 1. The molecule has 1 saturated heterocycles. The number of non-ortho nitro benzene ring substituents is 1. The maximum absolute atomic E-state index is 12.2. The molecule has 3 rings (SSSR count). The number of hydrogen-bond acceptors (Lipinski definition) is 8. The second kappa shape index (κ2) is 10.1. The van der Waals surface area contributed by atoms with Gasteiger partial charge >= 0.3 is 0 Å². The molecule has 10 heteroatoms. The number of amidine groups is 1. The van der Waals surface area contributed by atoms with Crippen molar-refractivity contribution in [2.75, 3.05) is 7.11 Å². The van der Waals surface area contributed by atoms with Crippen molar-refractivity contribution in [2.24, 2.45) is 10.2 Å². The first-order chi connectivity index (χ1) is 14.9. The Labute approximate surface area is 183 Å². The van der Waals surface area contributed by atoms with Crippen LogP contribution in [-0.2, 0) is 11.2 Å². The summed E-state index contributed by atoms with van der Waals surface area (Å²) in [5, 5.41) is 21.7. The summed E-state index contributed by atoms with van der Waals surface area (Å²) in [6.45, 7) is 3.87. The number of ether oxygens (including phenoxy) is 2. The summed E-state index contributed by atoms with van der Waals surface area (Å²) in [6, 6.07) is 11.7. The molecule has 1 heterocycles. The van der Waals surface area contributed by atoms with E-state index < -0.39 is 10.2 Å². The molecule has 1 aliphatic rings. The Balaban J connectivity index is 1.64. The summed E-state index contributed by atoms with van der Waals surface area (Å²) >= 11 is 1.24. The number of methoxy groups -OCH3 is 1. The Bertz CT molecular complexity index is 1040. The second-order valence-corrected chi connectivity index (χ2v) is 8.14. The standard InChI is InChI=1S/C21H22N4O5S/c1-13(2)30-17-8-7-15(10-18(17)29-3)12-22-24-21-23-20(26)19(31-21)11-14-5-4-6-16(9-14)25(27)28/h4-10,12-13,19H,11H2,1-3H3,(H,23,24,26)/b22-12+. The number of rotatable bonds is 8. The second-order valence-electron chi connectivity index (χ2n) is 6.95. The lowest BCUT2D eigenvalue weighted by Gasteiger charge is -2.13. The molecule has 9 nitrogen and oxygen atoms in total. The number of nitrogens with zero attached hydrogens (tertiary/aromatic N) is 3. The average molecular weight is 442 g/mol. The van der Waals surface area contributed by atoms with Crippen LogP contribution in [0.15, 0.2) is 52.7 Å². The van der Waals surface area contributed by atoms with Crippen molar-refractivity contribution in [3.63, 3.8) is 0 Å². The molecular weight excluding hydrogens is 420 g/mol. The summed E-state index contributed by atoms with van der Waals surface area (Å²) in [6.07, 6.45) is 1.93.